The molecule has 0 amide bonds. The van der Waals surface area contributed by atoms with Gasteiger partial charge in [-0.25, -0.2) is 4.98 Å². The Balaban J connectivity index is 1.92. The highest BCUT2D eigenvalue weighted by molar-refractivity contribution is 5.86. The Labute approximate surface area is 117 Å². The minimum absolute atomic E-state index is 0.119. The van der Waals surface area contributed by atoms with E-state index in [9.17, 15) is 4.39 Å². The predicted octanol–water partition coefficient (Wildman–Crippen LogP) is 4.55. The molecular weight excluding hydrogens is 251 g/mol. The Morgan fingerprint density at radius 2 is 1.80 bits per heavy atom. The van der Waals surface area contributed by atoms with Gasteiger partial charge in [-0.15, -0.1) is 0 Å². The van der Waals surface area contributed by atoms with E-state index in [0.717, 1.165) is 5.69 Å². The minimum atomic E-state index is -0.464. The highest BCUT2D eigenvalue weighted by atomic mass is 19.1. The van der Waals surface area contributed by atoms with Crippen LogP contribution in [0.3, 0.4) is 0 Å². The van der Waals surface area contributed by atoms with Crippen LogP contribution in [0.2, 0.25) is 0 Å². The lowest BCUT2D eigenvalue weighted by atomic mass is 9.99. The van der Waals surface area contributed by atoms with E-state index >= 15 is 0 Å². The van der Waals surface area contributed by atoms with E-state index in [1.165, 1.54) is 28.6 Å². The molecule has 3 heteroatoms. The lowest BCUT2D eigenvalue weighted by molar-refractivity contribution is 0.584. The summed E-state index contributed by atoms with van der Waals surface area (Å²) >= 11 is 0. The lowest BCUT2D eigenvalue weighted by Crippen LogP contribution is -2.07. The number of hydrogen-bond acceptors (Lipinski definition) is 2. The average Bonchev–Trinajstić information content (AvgIpc) is 2.49. The van der Waals surface area contributed by atoms with E-state index in [1.807, 2.05) is 12.1 Å². The van der Waals surface area contributed by atoms with Crippen molar-refractivity contribution < 1.29 is 4.39 Å². The zero-order valence-electron chi connectivity index (χ0n) is 11.2. The van der Waals surface area contributed by atoms with Crippen LogP contribution in [0.5, 0.6) is 0 Å². The maximum Gasteiger partial charge on any atom is 0.212 e. The van der Waals surface area contributed by atoms with Gasteiger partial charge in [-0.05, 0) is 35.4 Å². The van der Waals surface area contributed by atoms with Crippen molar-refractivity contribution in [1.29, 1.82) is 0 Å². The molecule has 1 atom stereocenters. The van der Waals surface area contributed by atoms with Gasteiger partial charge in [0.25, 0.3) is 0 Å². The number of benzene rings is 2. The zero-order chi connectivity index (χ0) is 13.9. The van der Waals surface area contributed by atoms with Crippen molar-refractivity contribution >= 4 is 16.5 Å². The molecule has 1 heterocycles. The van der Waals surface area contributed by atoms with E-state index in [0.29, 0.717) is 0 Å². The quantitative estimate of drug-likeness (QED) is 0.704. The maximum atomic E-state index is 12.8. The molecule has 0 bridgehead atoms. The molecule has 20 heavy (non-hydrogen) atoms. The van der Waals surface area contributed by atoms with E-state index in [4.69, 9.17) is 0 Å². The van der Waals surface area contributed by atoms with Gasteiger partial charge in [0.15, 0.2) is 0 Å². The van der Waals surface area contributed by atoms with Gasteiger partial charge in [-0.1, -0.05) is 42.5 Å². The van der Waals surface area contributed by atoms with Gasteiger partial charge in [0.1, 0.15) is 0 Å². The fraction of sp³-hybridized carbons (Fsp3) is 0.118. The molecule has 0 radical (unpaired) electrons. The van der Waals surface area contributed by atoms with Crippen LogP contribution < -0.4 is 5.32 Å². The third kappa shape index (κ3) is 2.48. The van der Waals surface area contributed by atoms with Crippen LogP contribution >= 0.6 is 0 Å². The first-order valence-electron chi connectivity index (χ1n) is 6.60. The van der Waals surface area contributed by atoms with Gasteiger partial charge in [0.05, 0.1) is 11.9 Å². The van der Waals surface area contributed by atoms with Crippen molar-refractivity contribution in [3.8, 4) is 0 Å². The number of hydrogen-bond donors (Lipinski definition) is 1. The molecule has 0 fully saturated rings. The summed E-state index contributed by atoms with van der Waals surface area (Å²) in [4.78, 5) is 3.66. The largest absolute Gasteiger partial charge is 0.377 e. The standard InChI is InChI=1S/C17H15FN2/c1-12(20-14-9-10-17(18)19-11-14)15-8-4-6-13-5-2-3-7-16(13)15/h2-12,20H,1H3. The number of nitrogens with one attached hydrogen (secondary N) is 1. The predicted molar refractivity (Wildman–Crippen MR) is 80.2 cm³/mol. The van der Waals surface area contributed by atoms with Crippen LogP contribution in [0, 0.1) is 5.95 Å². The topological polar surface area (TPSA) is 24.9 Å². The van der Waals surface area contributed by atoms with Gasteiger partial charge in [-0.2, -0.15) is 4.39 Å². The van der Waals surface area contributed by atoms with Crippen molar-refractivity contribution in [3.63, 3.8) is 0 Å². The zero-order valence-corrected chi connectivity index (χ0v) is 11.2. The summed E-state index contributed by atoms with van der Waals surface area (Å²) in [7, 11) is 0. The molecule has 100 valence electrons. The number of aromatic nitrogens is 1. The monoisotopic (exact) mass is 266 g/mol. The van der Waals surface area contributed by atoms with Crippen molar-refractivity contribution in [2.24, 2.45) is 0 Å². The summed E-state index contributed by atoms with van der Waals surface area (Å²) < 4.78 is 12.8. The molecule has 0 aliphatic rings. The molecule has 0 aliphatic heterocycles. The summed E-state index contributed by atoms with van der Waals surface area (Å²) in [5.74, 6) is -0.464. The second-order valence-corrected chi connectivity index (χ2v) is 4.80. The van der Waals surface area contributed by atoms with E-state index in [-0.39, 0.29) is 6.04 Å². The molecule has 3 rings (SSSR count). The first kappa shape index (κ1) is 12.6. The number of pyridine rings is 1. The number of rotatable bonds is 3. The molecule has 1 aromatic heterocycles. The van der Waals surface area contributed by atoms with Crippen LogP contribution in [0.1, 0.15) is 18.5 Å². The summed E-state index contributed by atoms with van der Waals surface area (Å²) in [6.07, 6.45) is 1.51. The molecular formula is C17H15FN2. The number of anilines is 1. The average molecular weight is 266 g/mol. The Kier molecular flexibility index (Phi) is 3.33. The highest BCUT2D eigenvalue weighted by Crippen LogP contribution is 2.26. The molecule has 2 aromatic carbocycles. The van der Waals surface area contributed by atoms with Crippen molar-refractivity contribution in [2.45, 2.75) is 13.0 Å². The number of fused-ring (bicyclic) bond motifs is 1. The van der Waals surface area contributed by atoms with Gasteiger partial charge in [-0.3, -0.25) is 0 Å². The fourth-order valence-electron chi connectivity index (χ4n) is 2.42. The molecule has 0 saturated heterocycles. The van der Waals surface area contributed by atoms with Crippen molar-refractivity contribution in [3.05, 3.63) is 72.3 Å². The normalized spacial score (nSPS) is 12.3. The SMILES string of the molecule is CC(Nc1ccc(F)nc1)c1cccc2ccccc12. The minimum Gasteiger partial charge on any atom is -0.377 e. The van der Waals surface area contributed by atoms with Gasteiger partial charge >= 0.3 is 0 Å². The van der Waals surface area contributed by atoms with Gasteiger partial charge in [0, 0.05) is 6.04 Å². The maximum absolute atomic E-state index is 12.8. The molecule has 1 N–H and O–H groups in total. The second kappa shape index (κ2) is 5.29. The van der Waals surface area contributed by atoms with E-state index in [1.54, 1.807) is 6.07 Å². The molecule has 1 unspecified atom stereocenters. The Bertz CT molecular complexity index is 717. The van der Waals surface area contributed by atoms with E-state index < -0.39 is 5.95 Å². The van der Waals surface area contributed by atoms with Gasteiger partial charge < -0.3 is 5.32 Å². The third-order valence-corrected chi connectivity index (χ3v) is 3.40. The summed E-state index contributed by atoms with van der Waals surface area (Å²) in [6.45, 7) is 2.09. The number of halogens is 1. The third-order valence-electron chi connectivity index (χ3n) is 3.40. The summed E-state index contributed by atoms with van der Waals surface area (Å²) in [5.41, 5.74) is 2.03. The van der Waals surface area contributed by atoms with Crippen LogP contribution in [0.4, 0.5) is 10.1 Å². The molecule has 2 nitrogen and oxygen atoms in total. The van der Waals surface area contributed by atoms with Crippen LogP contribution in [0.15, 0.2) is 60.8 Å². The first-order valence-corrected chi connectivity index (χ1v) is 6.60. The Hall–Kier alpha value is -2.42. The fourth-order valence-corrected chi connectivity index (χ4v) is 2.42. The Morgan fingerprint density at radius 1 is 1.00 bits per heavy atom. The van der Waals surface area contributed by atoms with Crippen LogP contribution in [0.25, 0.3) is 10.8 Å². The molecule has 3 aromatic rings. The highest BCUT2D eigenvalue weighted by Gasteiger charge is 2.09. The van der Waals surface area contributed by atoms with Crippen LogP contribution in [-0.4, -0.2) is 4.98 Å². The number of nitrogens with zero attached hydrogens (tertiary/aromatic N) is 1. The smallest absolute Gasteiger partial charge is 0.212 e. The first-order chi connectivity index (χ1) is 9.74. The molecule has 0 saturated carbocycles. The lowest BCUT2D eigenvalue weighted by Gasteiger charge is -2.17. The van der Waals surface area contributed by atoms with Crippen LogP contribution in [-0.2, 0) is 0 Å². The van der Waals surface area contributed by atoms with Crippen molar-refractivity contribution in [2.75, 3.05) is 5.32 Å². The second-order valence-electron chi connectivity index (χ2n) is 4.80. The molecule has 0 aliphatic carbocycles. The van der Waals surface area contributed by atoms with Gasteiger partial charge in [0.2, 0.25) is 5.95 Å². The molecule has 0 spiro atoms. The van der Waals surface area contributed by atoms with E-state index in [2.05, 4.69) is 47.6 Å². The summed E-state index contributed by atoms with van der Waals surface area (Å²) in [5, 5.41) is 5.79. The van der Waals surface area contributed by atoms with Crippen molar-refractivity contribution in [1.82, 2.24) is 4.98 Å². The Morgan fingerprint density at radius 3 is 2.60 bits per heavy atom. The summed E-state index contributed by atoms with van der Waals surface area (Å²) in [6, 6.07) is 17.7.